The van der Waals surface area contributed by atoms with Crippen LogP contribution in [0.5, 0.6) is 5.75 Å². The van der Waals surface area contributed by atoms with E-state index in [2.05, 4.69) is 15.7 Å². The Balaban J connectivity index is 1.81. The summed E-state index contributed by atoms with van der Waals surface area (Å²) in [7, 11) is 1.43. The minimum Gasteiger partial charge on any atom is -0.496 e. The first kappa shape index (κ1) is 33.9. The molecule has 0 aliphatic heterocycles. The van der Waals surface area contributed by atoms with Gasteiger partial charge in [-0.15, -0.1) is 4.80 Å². The molecule has 244 valence electrons. The highest BCUT2D eigenvalue weighted by molar-refractivity contribution is 7.21. The molecule has 1 unspecified atom stereocenters. The van der Waals surface area contributed by atoms with E-state index in [0.29, 0.717) is 52.5 Å². The van der Waals surface area contributed by atoms with E-state index in [1.165, 1.54) is 60.9 Å². The van der Waals surface area contributed by atoms with Crippen molar-refractivity contribution in [3.8, 4) is 10.8 Å². The molecule has 0 radical (unpaired) electrons. The molecule has 3 heterocycles. The first-order valence-corrected chi connectivity index (χ1v) is 15.1. The third-order valence-corrected chi connectivity index (χ3v) is 8.71. The molecule has 3 N–H and O–H groups in total. The standard InChI is InChI=1S/C29H37FN6O8S/c1-17(33-41)9-14-43-12-6-13-44-22(20-15-19(30)7-8-21(20)42-5)16-34-26-23(18(2)25(45-26)36-31-10-11-32-36)24(37)35(28(34)40)29(3,4)27(38)39/h7-8,10-11,15,17,22,33,41H,6,9,12-14,16H2,1-5H3,(H,38,39)/t17?,22-/m0/s1. The summed E-state index contributed by atoms with van der Waals surface area (Å²) in [5.74, 6) is -1.61. The van der Waals surface area contributed by atoms with E-state index in [0.717, 1.165) is 11.3 Å². The Morgan fingerprint density at radius 3 is 2.53 bits per heavy atom. The van der Waals surface area contributed by atoms with Crippen molar-refractivity contribution < 1.29 is 33.7 Å². The van der Waals surface area contributed by atoms with Gasteiger partial charge in [0.2, 0.25) is 0 Å². The number of aliphatic carboxylic acids is 1. The minimum atomic E-state index is -1.91. The average Bonchev–Trinajstić information content (AvgIpc) is 3.65. The third kappa shape index (κ3) is 7.15. The number of aryl methyl sites for hydroxylation is 1. The van der Waals surface area contributed by atoms with Crippen molar-refractivity contribution in [3.05, 3.63) is 68.4 Å². The lowest BCUT2D eigenvalue weighted by Crippen LogP contribution is -2.52. The van der Waals surface area contributed by atoms with Crippen LogP contribution in [0.2, 0.25) is 0 Å². The quantitative estimate of drug-likeness (QED) is 0.120. The number of hydrogen-bond donors (Lipinski definition) is 3. The summed E-state index contributed by atoms with van der Waals surface area (Å²) in [6.07, 6.45) is 3.03. The van der Waals surface area contributed by atoms with E-state index in [9.17, 15) is 23.9 Å². The number of rotatable bonds is 16. The monoisotopic (exact) mass is 648 g/mol. The molecule has 0 aliphatic carbocycles. The van der Waals surface area contributed by atoms with Gasteiger partial charge in [0.25, 0.3) is 5.56 Å². The van der Waals surface area contributed by atoms with Crippen molar-refractivity contribution in [2.45, 2.75) is 64.8 Å². The molecule has 1 aromatic carbocycles. The van der Waals surface area contributed by atoms with Crippen LogP contribution < -0.4 is 21.5 Å². The van der Waals surface area contributed by atoms with Gasteiger partial charge in [0.15, 0.2) is 0 Å². The van der Waals surface area contributed by atoms with Crippen LogP contribution in [0, 0.1) is 12.7 Å². The number of aromatic nitrogens is 5. The first-order valence-electron chi connectivity index (χ1n) is 14.2. The number of benzene rings is 1. The Labute approximate surface area is 261 Å². The van der Waals surface area contributed by atoms with Gasteiger partial charge in [-0.05, 0) is 58.7 Å². The van der Waals surface area contributed by atoms with Gasteiger partial charge in [-0.2, -0.15) is 10.2 Å². The van der Waals surface area contributed by atoms with Crippen molar-refractivity contribution in [2.24, 2.45) is 0 Å². The predicted octanol–water partition coefficient (Wildman–Crippen LogP) is 3.00. The van der Waals surface area contributed by atoms with E-state index < -0.39 is 34.7 Å². The molecule has 0 fully saturated rings. The maximum Gasteiger partial charge on any atom is 0.333 e. The molecule has 3 aromatic heterocycles. The van der Waals surface area contributed by atoms with Crippen molar-refractivity contribution >= 4 is 27.5 Å². The van der Waals surface area contributed by atoms with Crippen molar-refractivity contribution in [1.82, 2.24) is 29.6 Å². The average molecular weight is 649 g/mol. The highest BCUT2D eigenvalue weighted by Crippen LogP contribution is 2.34. The van der Waals surface area contributed by atoms with Crippen molar-refractivity contribution in [1.29, 1.82) is 0 Å². The van der Waals surface area contributed by atoms with Crippen LogP contribution >= 0.6 is 11.3 Å². The molecule has 0 spiro atoms. The summed E-state index contributed by atoms with van der Waals surface area (Å²) in [5, 5.41) is 27.9. The Bertz CT molecular complexity index is 1750. The summed E-state index contributed by atoms with van der Waals surface area (Å²) in [4.78, 5) is 41.8. The van der Waals surface area contributed by atoms with Crippen LogP contribution in [-0.4, -0.2) is 73.4 Å². The maximum absolute atomic E-state index is 14.6. The lowest BCUT2D eigenvalue weighted by Gasteiger charge is -2.26. The summed E-state index contributed by atoms with van der Waals surface area (Å²) in [6.45, 7) is 6.73. The molecule has 14 nitrogen and oxygen atoms in total. The number of hydroxylamine groups is 1. The van der Waals surface area contributed by atoms with Gasteiger partial charge in [0.1, 0.15) is 33.0 Å². The summed E-state index contributed by atoms with van der Waals surface area (Å²) >= 11 is 1.09. The number of hydrogen-bond acceptors (Lipinski definition) is 11. The maximum atomic E-state index is 14.6. The van der Waals surface area contributed by atoms with Crippen molar-refractivity contribution in [2.75, 3.05) is 26.9 Å². The van der Waals surface area contributed by atoms with Crippen LogP contribution in [0.15, 0.2) is 40.2 Å². The summed E-state index contributed by atoms with van der Waals surface area (Å²) in [5.41, 5.74) is -0.616. The Kier molecular flexibility index (Phi) is 10.9. The van der Waals surface area contributed by atoms with Crippen molar-refractivity contribution in [3.63, 3.8) is 0 Å². The van der Waals surface area contributed by atoms with Gasteiger partial charge in [-0.25, -0.2) is 24.0 Å². The van der Waals surface area contributed by atoms with Gasteiger partial charge < -0.3 is 24.5 Å². The molecule has 0 aliphatic rings. The number of halogens is 1. The summed E-state index contributed by atoms with van der Waals surface area (Å²) < 4.78 is 33.9. The first-order chi connectivity index (χ1) is 21.4. The molecular formula is C29H37FN6O8S. The zero-order valence-electron chi connectivity index (χ0n) is 25.7. The van der Waals surface area contributed by atoms with Crippen LogP contribution in [0.4, 0.5) is 4.39 Å². The fraction of sp³-hybridized carbons (Fsp3) is 0.483. The van der Waals surface area contributed by atoms with Gasteiger partial charge in [-0.3, -0.25) is 9.36 Å². The number of thiophene rings is 1. The van der Waals surface area contributed by atoms with Gasteiger partial charge in [0.05, 0.1) is 31.4 Å². The second kappa shape index (κ2) is 14.4. The Hall–Kier alpha value is -3.96. The predicted molar refractivity (Wildman–Crippen MR) is 163 cm³/mol. The molecular weight excluding hydrogens is 611 g/mol. The van der Waals surface area contributed by atoms with Crippen LogP contribution in [-0.2, 0) is 26.4 Å². The third-order valence-electron chi connectivity index (χ3n) is 7.42. The number of carbonyl (C=O) groups is 1. The largest absolute Gasteiger partial charge is 0.496 e. The lowest BCUT2D eigenvalue weighted by atomic mass is 10.1. The topological polar surface area (TPSA) is 172 Å². The Morgan fingerprint density at radius 2 is 1.89 bits per heavy atom. The van der Waals surface area contributed by atoms with E-state index in [1.54, 1.807) is 6.92 Å². The molecule has 0 saturated carbocycles. The molecule has 0 saturated heterocycles. The van der Waals surface area contributed by atoms with Gasteiger partial charge in [-0.1, -0.05) is 11.3 Å². The zero-order chi connectivity index (χ0) is 32.9. The second-order valence-electron chi connectivity index (χ2n) is 11.0. The second-order valence-corrected chi connectivity index (χ2v) is 11.9. The number of carboxylic acid groups (broad SMARTS) is 1. The van der Waals surface area contributed by atoms with Crippen LogP contribution in [0.3, 0.4) is 0 Å². The number of fused-ring (bicyclic) bond motifs is 1. The van der Waals surface area contributed by atoms with Gasteiger partial charge in [0, 0.05) is 37.0 Å². The molecule has 16 heteroatoms. The smallest absolute Gasteiger partial charge is 0.333 e. The Morgan fingerprint density at radius 1 is 1.18 bits per heavy atom. The van der Waals surface area contributed by atoms with Crippen LogP contribution in [0.25, 0.3) is 15.2 Å². The summed E-state index contributed by atoms with van der Waals surface area (Å²) in [6, 6.07) is 3.81. The van der Waals surface area contributed by atoms with E-state index in [1.807, 2.05) is 6.92 Å². The minimum absolute atomic E-state index is 0.124. The highest BCUT2D eigenvalue weighted by Gasteiger charge is 2.36. The number of nitrogens with one attached hydrogen (secondary N) is 1. The molecule has 2 atom stereocenters. The number of carboxylic acids is 1. The zero-order valence-corrected chi connectivity index (χ0v) is 26.5. The molecule has 0 bridgehead atoms. The van der Waals surface area contributed by atoms with Gasteiger partial charge >= 0.3 is 11.7 Å². The normalized spacial score (nSPS) is 13.3. The number of ether oxygens (including phenoxy) is 3. The fourth-order valence-electron chi connectivity index (χ4n) is 4.77. The fourth-order valence-corrected chi connectivity index (χ4v) is 5.99. The highest BCUT2D eigenvalue weighted by atomic mass is 32.1. The number of nitrogens with zero attached hydrogens (tertiary/aromatic N) is 5. The number of methoxy groups -OCH3 is 1. The van der Waals surface area contributed by atoms with E-state index in [4.69, 9.17) is 19.4 Å². The molecule has 4 rings (SSSR count). The van der Waals surface area contributed by atoms with E-state index in [-0.39, 0.29) is 29.4 Å². The molecule has 45 heavy (non-hydrogen) atoms. The van der Waals surface area contributed by atoms with Crippen LogP contribution in [0.1, 0.15) is 50.8 Å². The molecule has 0 amide bonds. The van der Waals surface area contributed by atoms with E-state index >= 15 is 0 Å². The SMILES string of the molecule is COc1ccc(F)cc1[C@H](Cn1c(=O)n(C(C)(C)C(=O)O)c(=O)c2c(C)c(-n3nccn3)sc21)OCCCOCCC(C)NO. The lowest BCUT2D eigenvalue weighted by molar-refractivity contribution is -0.146. The molecule has 4 aromatic rings.